The molecule has 0 saturated carbocycles. The summed E-state index contributed by atoms with van der Waals surface area (Å²) in [5.74, 6) is 0. The minimum atomic E-state index is -0.385. The highest BCUT2D eigenvalue weighted by Crippen LogP contribution is 2.04. The fourth-order valence-electron chi connectivity index (χ4n) is 1.46. The smallest absolute Gasteiger partial charge is 0.457 e. The molecule has 0 aliphatic carbocycles. The standard InChI is InChI=1S/C8H9B3O3/c1-6-3-4-8(7(2)5-6)11-13-9-12-10-14-11/h3-5H,1-2H3. The summed E-state index contributed by atoms with van der Waals surface area (Å²) < 4.78 is 15.1. The van der Waals surface area contributed by atoms with Gasteiger partial charge in [0, 0.05) is 0 Å². The second kappa shape index (κ2) is 4.21. The van der Waals surface area contributed by atoms with Gasteiger partial charge in [0.2, 0.25) is 0 Å². The van der Waals surface area contributed by atoms with Crippen molar-refractivity contribution in [2.75, 3.05) is 0 Å². The lowest BCUT2D eigenvalue weighted by atomic mass is 9.73. The molecule has 3 nitrogen and oxygen atoms in total. The zero-order valence-corrected chi connectivity index (χ0v) is 8.19. The summed E-state index contributed by atoms with van der Waals surface area (Å²) in [4.78, 5) is 0. The Kier molecular flexibility index (Phi) is 2.96. The Morgan fingerprint density at radius 2 is 1.86 bits per heavy atom. The van der Waals surface area contributed by atoms with Crippen LogP contribution < -0.4 is 5.46 Å². The summed E-state index contributed by atoms with van der Waals surface area (Å²) in [6.07, 6.45) is 0. The van der Waals surface area contributed by atoms with Gasteiger partial charge in [0.1, 0.15) is 0 Å². The summed E-state index contributed by atoms with van der Waals surface area (Å²) in [6, 6.07) is 6.13. The van der Waals surface area contributed by atoms with E-state index in [9.17, 15) is 0 Å². The predicted molar refractivity (Wildman–Crippen MR) is 56.1 cm³/mol. The fraction of sp³-hybridized carbons (Fsp3) is 0.250. The molecule has 0 aromatic heterocycles. The summed E-state index contributed by atoms with van der Waals surface area (Å²) in [6.45, 7) is 4.09. The van der Waals surface area contributed by atoms with Gasteiger partial charge in [-0.1, -0.05) is 29.3 Å². The van der Waals surface area contributed by atoms with Crippen molar-refractivity contribution in [2.24, 2.45) is 0 Å². The molecule has 1 aliphatic rings. The SMILES string of the molecule is Cc1ccc(B2O[B]O[B]O2)c(C)c1. The summed E-state index contributed by atoms with van der Waals surface area (Å²) in [5.41, 5.74) is 3.40. The molecule has 1 aromatic rings. The van der Waals surface area contributed by atoms with E-state index in [1.54, 1.807) is 0 Å². The predicted octanol–water partition coefficient (Wildman–Crippen LogP) is 0.130. The maximum atomic E-state index is 5.18. The van der Waals surface area contributed by atoms with Crippen LogP contribution in [0.25, 0.3) is 0 Å². The van der Waals surface area contributed by atoms with Crippen LogP contribution in [0.1, 0.15) is 11.1 Å². The van der Waals surface area contributed by atoms with Crippen LogP contribution in [-0.4, -0.2) is 22.5 Å². The number of rotatable bonds is 1. The van der Waals surface area contributed by atoms with E-state index in [2.05, 4.69) is 13.0 Å². The third kappa shape index (κ3) is 2.03. The number of benzene rings is 1. The molecular formula is C8H9B3O3. The van der Waals surface area contributed by atoms with E-state index < -0.39 is 0 Å². The van der Waals surface area contributed by atoms with E-state index in [0.29, 0.717) is 0 Å². The molecule has 6 heteroatoms. The monoisotopic (exact) mass is 186 g/mol. The number of hydrogen-bond acceptors (Lipinski definition) is 3. The second-order valence-electron chi connectivity index (χ2n) is 3.29. The highest BCUT2D eigenvalue weighted by atomic mass is 16.7. The summed E-state index contributed by atoms with van der Waals surface area (Å²) in [5, 5.41) is 0. The quantitative estimate of drug-likeness (QED) is 0.583. The van der Waals surface area contributed by atoms with Gasteiger partial charge in [0.05, 0.1) is 0 Å². The molecule has 1 aromatic carbocycles. The van der Waals surface area contributed by atoms with Crippen LogP contribution in [-0.2, 0) is 13.7 Å². The molecule has 0 unspecified atom stereocenters. The Bertz CT molecular complexity index is 326. The highest BCUT2D eigenvalue weighted by molar-refractivity contribution is 6.71. The molecule has 68 valence electrons. The number of hydrogen-bond donors (Lipinski definition) is 0. The fourth-order valence-corrected chi connectivity index (χ4v) is 1.46. The van der Waals surface area contributed by atoms with Crippen molar-refractivity contribution in [3.63, 3.8) is 0 Å². The first-order valence-electron chi connectivity index (χ1n) is 4.44. The van der Waals surface area contributed by atoms with Crippen molar-refractivity contribution in [1.82, 2.24) is 0 Å². The lowest BCUT2D eigenvalue weighted by Crippen LogP contribution is -2.45. The van der Waals surface area contributed by atoms with Crippen LogP contribution in [0.4, 0.5) is 0 Å². The van der Waals surface area contributed by atoms with Gasteiger partial charge >= 0.3 is 22.5 Å². The molecule has 2 radical (unpaired) electrons. The Balaban J connectivity index is 2.22. The van der Waals surface area contributed by atoms with Gasteiger partial charge in [-0.25, -0.2) is 0 Å². The third-order valence-electron chi connectivity index (χ3n) is 2.15. The molecule has 0 atom stereocenters. The molecule has 1 aliphatic heterocycles. The molecule has 0 amide bonds. The topological polar surface area (TPSA) is 27.7 Å². The summed E-state index contributed by atoms with van der Waals surface area (Å²) >= 11 is 0. The second-order valence-corrected chi connectivity index (χ2v) is 3.29. The van der Waals surface area contributed by atoms with E-state index in [-0.39, 0.29) is 7.12 Å². The Hall–Kier alpha value is -0.705. The zero-order valence-electron chi connectivity index (χ0n) is 8.19. The minimum absolute atomic E-state index is 0.385. The first-order chi connectivity index (χ1) is 6.77. The zero-order chi connectivity index (χ0) is 9.97. The minimum Gasteiger partial charge on any atom is -0.457 e. The molecule has 2 rings (SSSR count). The van der Waals surface area contributed by atoms with Crippen LogP contribution in [0.5, 0.6) is 0 Å². The van der Waals surface area contributed by atoms with E-state index in [4.69, 9.17) is 13.7 Å². The van der Waals surface area contributed by atoms with Crippen molar-refractivity contribution < 1.29 is 13.7 Å². The molecule has 0 bridgehead atoms. The van der Waals surface area contributed by atoms with Gasteiger partial charge in [-0.3, -0.25) is 0 Å². The summed E-state index contributed by atoms with van der Waals surface area (Å²) in [7, 11) is 2.16. The van der Waals surface area contributed by atoms with Gasteiger partial charge in [0.25, 0.3) is 0 Å². The first-order valence-corrected chi connectivity index (χ1v) is 4.44. The Morgan fingerprint density at radius 3 is 2.50 bits per heavy atom. The first kappa shape index (κ1) is 9.83. The average molecular weight is 186 g/mol. The van der Waals surface area contributed by atoms with Crippen molar-refractivity contribution in [3.8, 4) is 0 Å². The van der Waals surface area contributed by atoms with Gasteiger partial charge in [-0.15, -0.1) is 0 Å². The van der Waals surface area contributed by atoms with Gasteiger partial charge in [-0.05, 0) is 19.3 Å². The normalized spacial score (nSPS) is 16.0. The van der Waals surface area contributed by atoms with Crippen molar-refractivity contribution in [1.29, 1.82) is 0 Å². The third-order valence-corrected chi connectivity index (χ3v) is 2.15. The van der Waals surface area contributed by atoms with E-state index in [1.807, 2.05) is 19.1 Å². The molecule has 14 heavy (non-hydrogen) atoms. The molecular weight excluding hydrogens is 177 g/mol. The molecule has 0 spiro atoms. The van der Waals surface area contributed by atoms with Crippen LogP contribution >= 0.6 is 0 Å². The molecule has 1 heterocycles. The van der Waals surface area contributed by atoms with Gasteiger partial charge in [-0.2, -0.15) is 0 Å². The lowest BCUT2D eigenvalue weighted by molar-refractivity contribution is 0.333. The molecule has 1 saturated heterocycles. The van der Waals surface area contributed by atoms with Crippen LogP contribution in [0.3, 0.4) is 0 Å². The average Bonchev–Trinajstić information content (AvgIpc) is 2.19. The van der Waals surface area contributed by atoms with Crippen LogP contribution in [0, 0.1) is 13.8 Å². The van der Waals surface area contributed by atoms with Crippen molar-refractivity contribution >= 4 is 28.0 Å². The van der Waals surface area contributed by atoms with Crippen molar-refractivity contribution in [3.05, 3.63) is 29.3 Å². The van der Waals surface area contributed by atoms with Crippen LogP contribution in [0.2, 0.25) is 0 Å². The van der Waals surface area contributed by atoms with Crippen molar-refractivity contribution in [2.45, 2.75) is 13.8 Å². The largest absolute Gasteiger partial charge is 0.466 e. The van der Waals surface area contributed by atoms with Crippen LogP contribution in [0.15, 0.2) is 18.2 Å². The Morgan fingerprint density at radius 1 is 1.14 bits per heavy atom. The van der Waals surface area contributed by atoms with E-state index in [0.717, 1.165) is 11.0 Å². The molecule has 1 fully saturated rings. The van der Waals surface area contributed by atoms with Gasteiger partial charge < -0.3 is 13.7 Å². The highest BCUT2D eigenvalue weighted by Gasteiger charge is 2.27. The van der Waals surface area contributed by atoms with E-state index in [1.165, 1.54) is 20.9 Å². The molecule has 0 N–H and O–H groups in total. The Labute approximate surface area is 85.5 Å². The number of aryl methyl sites for hydroxylation is 2. The lowest BCUT2D eigenvalue weighted by Gasteiger charge is -2.20. The van der Waals surface area contributed by atoms with Gasteiger partial charge in [0.15, 0.2) is 0 Å². The maximum Gasteiger partial charge on any atom is 0.466 e. The maximum absolute atomic E-state index is 5.18. The van der Waals surface area contributed by atoms with E-state index >= 15 is 0 Å².